The van der Waals surface area contributed by atoms with Crippen LogP contribution in [0.3, 0.4) is 0 Å². The lowest BCUT2D eigenvalue weighted by Gasteiger charge is -2.34. The molecule has 3 N–H and O–H groups in total. The van der Waals surface area contributed by atoms with Gasteiger partial charge in [-0.15, -0.1) is 0 Å². The van der Waals surface area contributed by atoms with Crippen molar-refractivity contribution in [2.24, 2.45) is 0 Å². The van der Waals surface area contributed by atoms with Crippen molar-refractivity contribution >= 4 is 17.4 Å². The van der Waals surface area contributed by atoms with Gasteiger partial charge in [0.2, 0.25) is 5.70 Å². The molecule has 0 spiro atoms. The number of hydrogen-bond donors (Lipinski definition) is 2. The molecule has 0 fully saturated rings. The minimum Gasteiger partial charge on any atom is -0.398 e. The minimum atomic E-state index is -4.57. The summed E-state index contributed by atoms with van der Waals surface area (Å²) in [5, 5.41) is 11.6. The van der Waals surface area contributed by atoms with Crippen molar-refractivity contribution in [2.45, 2.75) is 19.1 Å². The fourth-order valence-electron chi connectivity index (χ4n) is 3.14. The van der Waals surface area contributed by atoms with E-state index >= 15 is 0 Å². The molecule has 9 heteroatoms. The smallest absolute Gasteiger partial charge is 0.398 e. The second-order valence-corrected chi connectivity index (χ2v) is 6.30. The third-order valence-electron chi connectivity index (χ3n) is 4.53. The molecule has 0 aliphatic carbocycles. The van der Waals surface area contributed by atoms with Crippen molar-refractivity contribution in [3.8, 4) is 6.07 Å². The van der Waals surface area contributed by atoms with Crippen LogP contribution in [-0.4, -0.2) is 6.03 Å². The van der Waals surface area contributed by atoms with Gasteiger partial charge in [-0.25, -0.2) is 9.64 Å². The second-order valence-electron chi connectivity index (χ2n) is 6.30. The number of nitrogens with zero attached hydrogens (tertiary/aromatic N) is 3. The summed E-state index contributed by atoms with van der Waals surface area (Å²) in [6, 6.07) is 9.15. The highest BCUT2D eigenvalue weighted by atomic mass is 19.4. The van der Waals surface area contributed by atoms with Crippen LogP contribution in [0, 0.1) is 17.9 Å². The fourth-order valence-corrected chi connectivity index (χ4v) is 3.14. The van der Waals surface area contributed by atoms with Crippen molar-refractivity contribution in [1.82, 2.24) is 5.32 Å². The molecular weight excluding hydrogens is 383 g/mol. The highest BCUT2D eigenvalue weighted by Crippen LogP contribution is 2.38. The van der Waals surface area contributed by atoms with Gasteiger partial charge in [-0.3, -0.25) is 4.90 Å². The van der Waals surface area contributed by atoms with Gasteiger partial charge in [0.05, 0.1) is 29.8 Å². The molecule has 0 saturated carbocycles. The maximum Gasteiger partial charge on any atom is 0.416 e. The molecular formula is C20H14F3N5O. The summed E-state index contributed by atoms with van der Waals surface area (Å²) in [4.78, 5) is 17.3. The van der Waals surface area contributed by atoms with Crippen LogP contribution in [0.1, 0.15) is 29.7 Å². The maximum absolute atomic E-state index is 13.0. The van der Waals surface area contributed by atoms with E-state index < -0.39 is 23.8 Å². The number of allylic oxidation sites excluding steroid dienone is 1. The van der Waals surface area contributed by atoms with Crippen LogP contribution in [0.15, 0.2) is 53.9 Å². The summed E-state index contributed by atoms with van der Waals surface area (Å²) in [5.74, 6) is 0. The molecule has 2 amide bonds. The zero-order valence-electron chi connectivity index (χ0n) is 15.1. The van der Waals surface area contributed by atoms with E-state index in [0.717, 1.165) is 17.0 Å². The summed E-state index contributed by atoms with van der Waals surface area (Å²) in [7, 11) is 0. The first-order valence-corrected chi connectivity index (χ1v) is 8.33. The zero-order chi connectivity index (χ0) is 21.3. The first kappa shape index (κ1) is 19.8. The van der Waals surface area contributed by atoms with Crippen LogP contribution >= 0.6 is 0 Å². The summed E-state index contributed by atoms with van der Waals surface area (Å²) in [6.45, 7) is 9.02. The van der Waals surface area contributed by atoms with Gasteiger partial charge in [-0.1, -0.05) is 12.1 Å². The molecule has 29 heavy (non-hydrogen) atoms. The number of rotatable bonds is 2. The molecule has 6 nitrogen and oxygen atoms in total. The van der Waals surface area contributed by atoms with Crippen LogP contribution in [-0.2, 0) is 6.18 Å². The molecule has 2 aromatic rings. The molecule has 0 unspecified atom stereocenters. The summed E-state index contributed by atoms with van der Waals surface area (Å²) in [5.41, 5.74) is 6.33. The van der Waals surface area contributed by atoms with Gasteiger partial charge in [0.15, 0.2) is 0 Å². The molecule has 3 rings (SSSR count). The van der Waals surface area contributed by atoms with Crippen molar-refractivity contribution in [3.63, 3.8) is 0 Å². The van der Waals surface area contributed by atoms with Crippen LogP contribution in [0.25, 0.3) is 4.85 Å². The van der Waals surface area contributed by atoms with Crippen molar-refractivity contribution in [1.29, 1.82) is 5.26 Å². The fraction of sp³-hybridized carbons (Fsp3) is 0.150. The average Bonchev–Trinajstić information content (AvgIpc) is 2.67. The van der Waals surface area contributed by atoms with Gasteiger partial charge in [0.1, 0.15) is 0 Å². The Bertz CT molecular complexity index is 1110. The predicted octanol–water partition coefficient (Wildman–Crippen LogP) is 4.58. The Morgan fingerprint density at radius 1 is 1.28 bits per heavy atom. The van der Waals surface area contributed by atoms with Crippen LogP contribution in [0.5, 0.6) is 0 Å². The van der Waals surface area contributed by atoms with E-state index in [1.165, 1.54) is 37.3 Å². The van der Waals surface area contributed by atoms with E-state index in [4.69, 9.17) is 17.6 Å². The highest BCUT2D eigenvalue weighted by molar-refractivity contribution is 5.97. The molecule has 146 valence electrons. The van der Waals surface area contributed by atoms with Crippen LogP contribution in [0.2, 0.25) is 0 Å². The van der Waals surface area contributed by atoms with E-state index in [1.807, 2.05) is 6.07 Å². The van der Waals surface area contributed by atoms with E-state index in [2.05, 4.69) is 10.2 Å². The van der Waals surface area contributed by atoms with Gasteiger partial charge in [-0.2, -0.15) is 18.4 Å². The topological polar surface area (TPSA) is 86.5 Å². The van der Waals surface area contributed by atoms with E-state index in [1.54, 1.807) is 0 Å². The largest absolute Gasteiger partial charge is 0.416 e. The molecule has 1 aliphatic rings. The Kier molecular flexibility index (Phi) is 4.92. The normalized spacial score (nSPS) is 16.8. The van der Waals surface area contributed by atoms with Gasteiger partial charge in [0, 0.05) is 17.1 Å². The number of nitrogens with two attached hydrogens (primary N) is 1. The van der Waals surface area contributed by atoms with Crippen LogP contribution in [0.4, 0.5) is 29.3 Å². The first-order chi connectivity index (χ1) is 13.7. The standard InChI is InChI=1S/C20H14F3N5O/c1-11-17(26-2)18(15-7-6-12(10-24)8-16(15)25)27-19(29)28(11)14-5-3-4-13(9-14)20(21,22)23/h3-9,18H,25H2,1H3,(H,27,29)/t18-/m1/s1. The molecule has 1 aliphatic heterocycles. The van der Waals surface area contributed by atoms with E-state index in [0.29, 0.717) is 11.1 Å². The summed E-state index contributed by atoms with van der Waals surface area (Å²) < 4.78 is 39.1. The highest BCUT2D eigenvalue weighted by Gasteiger charge is 2.36. The van der Waals surface area contributed by atoms with Crippen molar-refractivity contribution < 1.29 is 18.0 Å². The lowest BCUT2D eigenvalue weighted by molar-refractivity contribution is -0.137. The number of benzene rings is 2. The number of urea groups is 1. The van der Waals surface area contributed by atoms with E-state index in [9.17, 15) is 18.0 Å². The van der Waals surface area contributed by atoms with Crippen LogP contribution < -0.4 is 16.0 Å². The summed E-state index contributed by atoms with van der Waals surface area (Å²) >= 11 is 0. The van der Waals surface area contributed by atoms with E-state index in [-0.39, 0.29) is 22.8 Å². The molecule has 0 bridgehead atoms. The quantitative estimate of drug-likeness (QED) is 0.574. The van der Waals surface area contributed by atoms with Crippen molar-refractivity contribution in [3.05, 3.63) is 82.0 Å². The Hall–Kier alpha value is -3.98. The number of anilines is 2. The van der Waals surface area contributed by atoms with Gasteiger partial charge in [-0.05, 0) is 42.8 Å². The third kappa shape index (κ3) is 3.58. The predicted molar refractivity (Wildman–Crippen MR) is 100 cm³/mol. The SMILES string of the molecule is [C-]#[N+]C1=C(C)N(c2cccc(C(F)(F)F)c2)C(=O)N[C@@H]1c1ccc(C#N)cc1N. The number of alkyl halides is 3. The molecule has 0 radical (unpaired) electrons. The Balaban J connectivity index is 2.10. The summed E-state index contributed by atoms with van der Waals surface area (Å²) in [6.07, 6.45) is -4.57. The molecule has 1 atom stereocenters. The lowest BCUT2D eigenvalue weighted by Crippen LogP contribution is -2.46. The maximum atomic E-state index is 13.0. The van der Waals surface area contributed by atoms with Gasteiger partial charge >= 0.3 is 12.2 Å². The first-order valence-electron chi connectivity index (χ1n) is 8.33. The number of halogens is 3. The monoisotopic (exact) mass is 397 g/mol. The molecule has 0 aromatic heterocycles. The number of nitrogens with one attached hydrogen (secondary N) is 1. The number of carbonyl (C=O) groups excluding carboxylic acids is 1. The second kappa shape index (κ2) is 7.21. The molecule has 0 saturated heterocycles. The third-order valence-corrected chi connectivity index (χ3v) is 4.53. The van der Waals surface area contributed by atoms with Gasteiger partial charge < -0.3 is 11.1 Å². The molecule has 1 heterocycles. The Morgan fingerprint density at radius 3 is 2.59 bits per heavy atom. The Labute approximate surface area is 164 Å². The number of carbonyl (C=O) groups is 1. The number of nitrogen functional groups attached to an aromatic ring is 1. The van der Waals surface area contributed by atoms with Crippen molar-refractivity contribution in [2.75, 3.05) is 10.6 Å². The lowest BCUT2D eigenvalue weighted by atomic mass is 9.97. The number of hydrogen-bond acceptors (Lipinski definition) is 3. The molecule has 2 aromatic carbocycles. The van der Waals surface area contributed by atoms with Gasteiger partial charge in [0.25, 0.3) is 0 Å². The number of nitriles is 1. The average molecular weight is 397 g/mol. The number of amides is 2. The Morgan fingerprint density at radius 2 is 2.00 bits per heavy atom. The zero-order valence-corrected chi connectivity index (χ0v) is 15.1. The minimum absolute atomic E-state index is 0.0118.